The molecule has 150 valence electrons. The number of aromatic nitrogens is 3. The average Bonchev–Trinajstić information content (AvgIpc) is 2.74. The van der Waals surface area contributed by atoms with E-state index in [-0.39, 0.29) is 4.90 Å². The lowest BCUT2D eigenvalue weighted by molar-refractivity contribution is 0.462. The van der Waals surface area contributed by atoms with Gasteiger partial charge in [-0.3, -0.25) is 9.71 Å². The summed E-state index contributed by atoms with van der Waals surface area (Å²) >= 11 is 0. The Morgan fingerprint density at radius 2 is 1.73 bits per heavy atom. The number of nitrogens with zero attached hydrogens (tertiary/aromatic N) is 3. The van der Waals surface area contributed by atoms with Crippen LogP contribution in [0, 0.1) is 6.92 Å². The second-order valence-corrected chi connectivity index (χ2v) is 8.14. The van der Waals surface area contributed by atoms with E-state index in [1.165, 1.54) is 12.1 Å². The number of anilines is 1. The molecular formula is C22H18N4O3S. The fourth-order valence-corrected chi connectivity index (χ4v) is 3.84. The lowest BCUT2D eigenvalue weighted by atomic mass is 10.2. The Bertz CT molecular complexity index is 1260. The van der Waals surface area contributed by atoms with Crippen molar-refractivity contribution < 1.29 is 13.2 Å². The molecule has 0 saturated heterocycles. The zero-order valence-corrected chi connectivity index (χ0v) is 16.9. The third kappa shape index (κ3) is 4.61. The van der Waals surface area contributed by atoms with Gasteiger partial charge < -0.3 is 4.74 Å². The van der Waals surface area contributed by atoms with Gasteiger partial charge in [-0.1, -0.05) is 24.3 Å². The van der Waals surface area contributed by atoms with Crippen molar-refractivity contribution in [3.05, 3.63) is 90.9 Å². The summed E-state index contributed by atoms with van der Waals surface area (Å²) in [5.74, 6) is 1.29. The summed E-state index contributed by atoms with van der Waals surface area (Å²) in [6.07, 6.45) is 3.36. The molecule has 0 atom stereocenters. The van der Waals surface area contributed by atoms with Gasteiger partial charge in [-0.15, -0.1) is 0 Å². The van der Waals surface area contributed by atoms with Crippen LogP contribution in [-0.4, -0.2) is 23.4 Å². The van der Waals surface area contributed by atoms with Crippen molar-refractivity contribution in [1.82, 2.24) is 15.0 Å². The smallest absolute Gasteiger partial charge is 0.261 e. The first-order valence-electron chi connectivity index (χ1n) is 9.11. The normalized spacial score (nSPS) is 11.1. The highest BCUT2D eigenvalue weighted by molar-refractivity contribution is 7.92. The van der Waals surface area contributed by atoms with Gasteiger partial charge in [-0.2, -0.15) is 4.98 Å². The van der Waals surface area contributed by atoms with Crippen LogP contribution in [0.25, 0.3) is 11.4 Å². The van der Waals surface area contributed by atoms with E-state index in [4.69, 9.17) is 4.74 Å². The maximum Gasteiger partial charge on any atom is 0.261 e. The Labute approximate surface area is 174 Å². The monoisotopic (exact) mass is 418 g/mol. The highest BCUT2D eigenvalue weighted by Crippen LogP contribution is 2.26. The molecule has 4 rings (SSSR count). The molecule has 2 aromatic carbocycles. The quantitative estimate of drug-likeness (QED) is 0.497. The molecule has 30 heavy (non-hydrogen) atoms. The topological polar surface area (TPSA) is 94.1 Å². The van der Waals surface area contributed by atoms with E-state index in [2.05, 4.69) is 19.7 Å². The third-order valence-corrected chi connectivity index (χ3v) is 5.51. The van der Waals surface area contributed by atoms with Crippen molar-refractivity contribution in [1.29, 1.82) is 0 Å². The molecule has 2 heterocycles. The molecule has 1 N–H and O–H groups in total. The zero-order chi connectivity index (χ0) is 21.0. The maximum atomic E-state index is 12.5. The molecular weight excluding hydrogens is 400 g/mol. The molecule has 0 aliphatic carbocycles. The molecule has 2 aromatic heterocycles. The van der Waals surface area contributed by atoms with E-state index in [1.807, 2.05) is 19.1 Å². The summed E-state index contributed by atoms with van der Waals surface area (Å²) in [6.45, 7) is 1.85. The second-order valence-electron chi connectivity index (χ2n) is 6.46. The summed E-state index contributed by atoms with van der Waals surface area (Å²) in [5.41, 5.74) is 1.89. The van der Waals surface area contributed by atoms with Gasteiger partial charge in [0, 0.05) is 35.8 Å². The van der Waals surface area contributed by atoms with Crippen molar-refractivity contribution >= 4 is 15.7 Å². The molecule has 0 fully saturated rings. The largest absolute Gasteiger partial charge is 0.439 e. The van der Waals surface area contributed by atoms with Crippen LogP contribution in [0.2, 0.25) is 0 Å². The number of ether oxygens (including phenoxy) is 1. The highest BCUT2D eigenvalue weighted by atomic mass is 32.2. The minimum atomic E-state index is -3.69. The minimum absolute atomic E-state index is 0.184. The highest BCUT2D eigenvalue weighted by Gasteiger charge is 2.14. The zero-order valence-electron chi connectivity index (χ0n) is 16.1. The van der Waals surface area contributed by atoms with E-state index < -0.39 is 10.0 Å². The third-order valence-electron chi connectivity index (χ3n) is 4.11. The molecule has 0 saturated carbocycles. The molecule has 0 aliphatic heterocycles. The minimum Gasteiger partial charge on any atom is -0.439 e. The lowest BCUT2D eigenvalue weighted by Gasteiger charge is -2.11. The van der Waals surface area contributed by atoms with E-state index in [0.717, 1.165) is 11.3 Å². The van der Waals surface area contributed by atoms with Crippen LogP contribution in [0.5, 0.6) is 11.6 Å². The lowest BCUT2D eigenvalue weighted by Crippen LogP contribution is -2.12. The van der Waals surface area contributed by atoms with Crippen LogP contribution >= 0.6 is 0 Å². The number of benzene rings is 2. The van der Waals surface area contributed by atoms with E-state index >= 15 is 0 Å². The van der Waals surface area contributed by atoms with Crippen LogP contribution in [0.15, 0.2) is 90.1 Å². The van der Waals surface area contributed by atoms with Gasteiger partial charge in [-0.25, -0.2) is 13.4 Å². The molecule has 0 bridgehead atoms. The summed E-state index contributed by atoms with van der Waals surface area (Å²) in [6, 6.07) is 20.2. The summed E-state index contributed by atoms with van der Waals surface area (Å²) < 4.78 is 33.5. The predicted octanol–water partition coefficient (Wildman–Crippen LogP) is 4.44. The Kier molecular flexibility index (Phi) is 5.40. The van der Waals surface area contributed by atoms with E-state index in [1.54, 1.807) is 60.9 Å². The standard InChI is InChI=1S/C22H18N4O3S/c1-16-13-21(25-22(24-16)17-7-6-12-23-15-17)29-19-9-5-8-18(14-19)26-30(27,28)20-10-3-2-4-11-20/h2-15,26H,1H3. The van der Waals surface area contributed by atoms with Crippen molar-refractivity contribution in [3.8, 4) is 23.0 Å². The first-order valence-corrected chi connectivity index (χ1v) is 10.6. The Hall–Kier alpha value is -3.78. The SMILES string of the molecule is Cc1cc(Oc2cccc(NS(=O)(=O)c3ccccc3)c2)nc(-c2cccnc2)n1. The Morgan fingerprint density at radius 3 is 2.50 bits per heavy atom. The number of hydrogen-bond acceptors (Lipinski definition) is 6. The number of sulfonamides is 1. The fraction of sp³-hybridized carbons (Fsp3) is 0.0455. The number of nitrogens with one attached hydrogen (secondary N) is 1. The summed E-state index contributed by atoms with van der Waals surface area (Å²) in [7, 11) is -3.69. The fourth-order valence-electron chi connectivity index (χ4n) is 2.77. The van der Waals surface area contributed by atoms with Crippen molar-refractivity contribution in [3.63, 3.8) is 0 Å². The number of rotatable bonds is 6. The maximum absolute atomic E-state index is 12.5. The average molecular weight is 418 g/mol. The molecule has 0 amide bonds. The van der Waals surface area contributed by atoms with Crippen molar-refractivity contribution in [2.45, 2.75) is 11.8 Å². The van der Waals surface area contributed by atoms with Gasteiger partial charge in [0.1, 0.15) is 5.75 Å². The van der Waals surface area contributed by atoms with Gasteiger partial charge >= 0.3 is 0 Å². The Balaban J connectivity index is 1.58. The molecule has 0 spiro atoms. The number of aryl methyl sites for hydroxylation is 1. The predicted molar refractivity (Wildman–Crippen MR) is 114 cm³/mol. The summed E-state index contributed by atoms with van der Waals surface area (Å²) in [4.78, 5) is 13.1. The van der Waals surface area contributed by atoms with Gasteiger partial charge in [0.25, 0.3) is 10.0 Å². The van der Waals surface area contributed by atoms with E-state index in [9.17, 15) is 8.42 Å². The molecule has 7 nitrogen and oxygen atoms in total. The van der Waals surface area contributed by atoms with Crippen LogP contribution in [0.4, 0.5) is 5.69 Å². The molecule has 0 unspecified atom stereocenters. The van der Waals surface area contributed by atoms with Crippen LogP contribution in [-0.2, 0) is 10.0 Å². The first-order chi connectivity index (χ1) is 14.5. The van der Waals surface area contributed by atoms with Crippen molar-refractivity contribution in [2.75, 3.05) is 4.72 Å². The van der Waals surface area contributed by atoms with Crippen LogP contribution < -0.4 is 9.46 Å². The van der Waals surface area contributed by atoms with E-state index in [0.29, 0.717) is 23.1 Å². The Morgan fingerprint density at radius 1 is 0.900 bits per heavy atom. The summed E-state index contributed by atoms with van der Waals surface area (Å²) in [5, 5.41) is 0. The van der Waals surface area contributed by atoms with Crippen LogP contribution in [0.3, 0.4) is 0 Å². The molecule has 0 aliphatic rings. The first kappa shape index (κ1) is 19.5. The van der Waals surface area contributed by atoms with Gasteiger partial charge in [0.05, 0.1) is 10.6 Å². The second kappa shape index (κ2) is 8.30. The van der Waals surface area contributed by atoms with Gasteiger partial charge in [-0.05, 0) is 43.3 Å². The molecule has 8 heteroatoms. The van der Waals surface area contributed by atoms with Gasteiger partial charge in [0.2, 0.25) is 5.88 Å². The van der Waals surface area contributed by atoms with Gasteiger partial charge in [0.15, 0.2) is 5.82 Å². The van der Waals surface area contributed by atoms with Crippen LogP contribution in [0.1, 0.15) is 5.69 Å². The number of pyridine rings is 1. The molecule has 0 radical (unpaired) electrons. The molecule has 4 aromatic rings. The van der Waals surface area contributed by atoms with Crippen molar-refractivity contribution in [2.24, 2.45) is 0 Å². The number of hydrogen-bond donors (Lipinski definition) is 1.